The minimum absolute atomic E-state index is 0.0401. The number of nitrogens with zero attached hydrogens (tertiary/aromatic N) is 1. The van der Waals surface area contributed by atoms with Crippen molar-refractivity contribution in [3.63, 3.8) is 0 Å². The normalized spacial score (nSPS) is 19.7. The summed E-state index contributed by atoms with van der Waals surface area (Å²) < 4.78 is 5.78. The Hall–Kier alpha value is -3.15. The lowest BCUT2D eigenvalue weighted by Crippen LogP contribution is -2.41. The lowest BCUT2D eigenvalue weighted by Gasteiger charge is -2.32. The number of benzene rings is 2. The summed E-state index contributed by atoms with van der Waals surface area (Å²) in [5, 5.41) is 3.03. The second kappa shape index (κ2) is 11.3. The summed E-state index contributed by atoms with van der Waals surface area (Å²) in [6, 6.07) is 14.4. The van der Waals surface area contributed by atoms with Crippen LogP contribution in [0.25, 0.3) is 0 Å². The molecule has 1 saturated carbocycles. The summed E-state index contributed by atoms with van der Waals surface area (Å²) >= 11 is 0. The zero-order chi connectivity index (χ0) is 23.9. The number of hydrogen-bond donors (Lipinski definition) is 1. The van der Waals surface area contributed by atoms with E-state index in [2.05, 4.69) is 12.2 Å². The van der Waals surface area contributed by atoms with E-state index in [1.807, 2.05) is 24.3 Å². The molecule has 2 aromatic carbocycles. The molecule has 1 aliphatic heterocycles. The first-order chi connectivity index (χ1) is 16.6. The molecule has 3 amide bonds. The van der Waals surface area contributed by atoms with Crippen LogP contribution >= 0.6 is 0 Å². The van der Waals surface area contributed by atoms with Crippen molar-refractivity contribution in [3.8, 4) is 5.75 Å². The summed E-state index contributed by atoms with van der Waals surface area (Å²) in [7, 11) is 0. The molecule has 1 N–H and O–H groups in total. The Morgan fingerprint density at radius 3 is 2.29 bits per heavy atom. The van der Waals surface area contributed by atoms with Crippen molar-refractivity contribution in [2.45, 2.75) is 58.3 Å². The Morgan fingerprint density at radius 2 is 1.62 bits per heavy atom. The van der Waals surface area contributed by atoms with Gasteiger partial charge in [0, 0.05) is 18.2 Å². The maximum atomic E-state index is 13.2. The number of rotatable bonds is 10. The summed E-state index contributed by atoms with van der Waals surface area (Å²) in [6.07, 6.45) is 8.22. The second-order valence-corrected chi connectivity index (χ2v) is 9.34. The largest absolute Gasteiger partial charge is 0.494 e. The lowest BCUT2D eigenvalue weighted by atomic mass is 9.78. The molecule has 6 nitrogen and oxygen atoms in total. The summed E-state index contributed by atoms with van der Waals surface area (Å²) in [5.41, 5.74) is 1.64. The Labute approximate surface area is 201 Å². The first kappa shape index (κ1) is 24.0. The minimum Gasteiger partial charge on any atom is -0.494 e. The van der Waals surface area contributed by atoms with Crippen molar-refractivity contribution < 1.29 is 19.1 Å². The van der Waals surface area contributed by atoms with Crippen molar-refractivity contribution in [2.24, 2.45) is 11.8 Å². The predicted molar refractivity (Wildman–Crippen MR) is 132 cm³/mol. The molecule has 0 aromatic heterocycles. The molecule has 4 rings (SSSR count). The van der Waals surface area contributed by atoms with Crippen LogP contribution in [-0.2, 0) is 4.79 Å². The van der Waals surface area contributed by atoms with E-state index in [-0.39, 0.29) is 36.1 Å². The van der Waals surface area contributed by atoms with E-state index >= 15 is 0 Å². The maximum Gasteiger partial charge on any atom is 0.261 e. The third-order valence-corrected chi connectivity index (χ3v) is 6.93. The van der Waals surface area contributed by atoms with Gasteiger partial charge in [0.05, 0.1) is 17.7 Å². The number of imide groups is 1. The van der Waals surface area contributed by atoms with Crippen molar-refractivity contribution in [1.29, 1.82) is 0 Å². The van der Waals surface area contributed by atoms with Gasteiger partial charge in [-0.2, -0.15) is 0 Å². The highest BCUT2D eigenvalue weighted by atomic mass is 16.5. The smallest absolute Gasteiger partial charge is 0.261 e. The van der Waals surface area contributed by atoms with Gasteiger partial charge in [-0.25, -0.2) is 0 Å². The first-order valence-electron chi connectivity index (χ1n) is 12.6. The van der Waals surface area contributed by atoms with Crippen LogP contribution in [0.4, 0.5) is 5.69 Å². The minimum atomic E-state index is -0.254. The van der Waals surface area contributed by atoms with E-state index in [1.54, 1.807) is 24.3 Å². The van der Waals surface area contributed by atoms with E-state index < -0.39 is 0 Å². The number of nitrogens with one attached hydrogen (secondary N) is 1. The van der Waals surface area contributed by atoms with Crippen LogP contribution in [0, 0.1) is 11.8 Å². The third-order valence-electron chi connectivity index (χ3n) is 6.93. The van der Waals surface area contributed by atoms with Crippen LogP contribution in [0.5, 0.6) is 5.75 Å². The molecule has 34 heavy (non-hydrogen) atoms. The van der Waals surface area contributed by atoms with E-state index in [9.17, 15) is 14.4 Å². The second-order valence-electron chi connectivity index (χ2n) is 9.34. The maximum absolute atomic E-state index is 13.2. The molecule has 180 valence electrons. The van der Waals surface area contributed by atoms with Crippen LogP contribution in [0.3, 0.4) is 0 Å². The average Bonchev–Trinajstić information content (AvgIpc) is 3.10. The van der Waals surface area contributed by atoms with E-state index in [1.165, 1.54) is 24.2 Å². The van der Waals surface area contributed by atoms with Crippen LogP contribution in [0.1, 0.15) is 79.0 Å². The number of carbonyl (C=O) groups is 3. The highest BCUT2D eigenvalue weighted by molar-refractivity contribution is 6.21. The molecule has 0 spiro atoms. The van der Waals surface area contributed by atoms with E-state index in [0.717, 1.165) is 43.5 Å². The molecule has 1 aliphatic carbocycles. The first-order valence-corrected chi connectivity index (χ1v) is 12.6. The van der Waals surface area contributed by atoms with Crippen LogP contribution in [-0.4, -0.2) is 35.8 Å². The Morgan fingerprint density at radius 1 is 0.941 bits per heavy atom. The standard InChI is InChI=1S/C28H34N2O4/c1-2-3-4-9-18-34-22-16-14-21(15-17-22)29-26(31)23-11-6-5-10-20(23)19-30-27(32)24-12-7-8-13-25(24)28(30)33/h7-8,12-17,20,23H,2-6,9-11,18-19H2,1H3,(H,29,31). The number of amides is 3. The molecule has 6 heteroatoms. The molecule has 2 unspecified atom stereocenters. The molecular weight excluding hydrogens is 428 g/mol. The fourth-order valence-corrected chi connectivity index (χ4v) is 5.00. The van der Waals surface area contributed by atoms with Crippen LogP contribution in [0.15, 0.2) is 48.5 Å². The van der Waals surface area contributed by atoms with Gasteiger partial charge in [-0.05, 0) is 61.6 Å². The van der Waals surface area contributed by atoms with E-state index in [0.29, 0.717) is 17.7 Å². The molecule has 2 atom stereocenters. The number of carbonyl (C=O) groups excluding carboxylic acids is 3. The molecule has 2 aromatic rings. The molecule has 1 fully saturated rings. The number of fused-ring (bicyclic) bond motifs is 1. The van der Waals surface area contributed by atoms with E-state index in [4.69, 9.17) is 4.74 Å². The molecule has 0 bridgehead atoms. The van der Waals surface area contributed by atoms with Gasteiger partial charge in [0.1, 0.15) is 5.75 Å². The zero-order valence-corrected chi connectivity index (χ0v) is 19.9. The average molecular weight is 463 g/mol. The Bertz CT molecular complexity index is 982. The highest BCUT2D eigenvalue weighted by Crippen LogP contribution is 2.34. The monoisotopic (exact) mass is 462 g/mol. The number of unbranched alkanes of at least 4 members (excludes halogenated alkanes) is 3. The van der Waals surface area contributed by atoms with Gasteiger partial charge in [-0.1, -0.05) is 51.2 Å². The Kier molecular flexibility index (Phi) is 7.99. The molecule has 0 radical (unpaired) electrons. The topological polar surface area (TPSA) is 75.7 Å². The highest BCUT2D eigenvalue weighted by Gasteiger charge is 2.40. The SMILES string of the molecule is CCCCCCOc1ccc(NC(=O)C2CCCCC2CN2C(=O)c3ccccc3C2=O)cc1. The summed E-state index contributed by atoms with van der Waals surface area (Å²) in [6.45, 7) is 3.18. The number of anilines is 1. The van der Waals surface area contributed by atoms with Gasteiger partial charge in [0.2, 0.25) is 5.91 Å². The van der Waals surface area contributed by atoms with Crippen molar-refractivity contribution in [1.82, 2.24) is 4.90 Å². The van der Waals surface area contributed by atoms with Gasteiger partial charge >= 0.3 is 0 Å². The number of hydrogen-bond acceptors (Lipinski definition) is 4. The van der Waals surface area contributed by atoms with Gasteiger partial charge < -0.3 is 10.1 Å². The zero-order valence-electron chi connectivity index (χ0n) is 19.9. The summed E-state index contributed by atoms with van der Waals surface area (Å²) in [4.78, 5) is 40.1. The third kappa shape index (κ3) is 5.49. The molecular formula is C28H34N2O4. The van der Waals surface area contributed by atoms with Crippen LogP contribution < -0.4 is 10.1 Å². The van der Waals surface area contributed by atoms with Crippen molar-refractivity contribution in [3.05, 3.63) is 59.7 Å². The number of ether oxygens (including phenoxy) is 1. The van der Waals surface area contributed by atoms with Crippen LogP contribution in [0.2, 0.25) is 0 Å². The quantitative estimate of drug-likeness (QED) is 0.364. The molecule has 1 heterocycles. The van der Waals surface area contributed by atoms with Gasteiger partial charge in [-0.3, -0.25) is 19.3 Å². The lowest BCUT2D eigenvalue weighted by molar-refractivity contribution is -0.122. The molecule has 0 saturated heterocycles. The molecule has 2 aliphatic rings. The van der Waals surface area contributed by atoms with Gasteiger partial charge in [0.15, 0.2) is 0 Å². The van der Waals surface area contributed by atoms with Gasteiger partial charge in [-0.15, -0.1) is 0 Å². The summed E-state index contributed by atoms with van der Waals surface area (Å²) in [5.74, 6) is -0.0225. The Balaban J connectivity index is 1.34. The predicted octanol–water partition coefficient (Wildman–Crippen LogP) is 5.69. The van der Waals surface area contributed by atoms with Crippen molar-refractivity contribution in [2.75, 3.05) is 18.5 Å². The van der Waals surface area contributed by atoms with Gasteiger partial charge in [0.25, 0.3) is 11.8 Å². The fraction of sp³-hybridized carbons (Fsp3) is 0.464. The van der Waals surface area contributed by atoms with Crippen molar-refractivity contribution >= 4 is 23.4 Å². The fourth-order valence-electron chi connectivity index (χ4n) is 5.00.